The monoisotopic (exact) mass is 371 g/mol. The summed E-state index contributed by atoms with van der Waals surface area (Å²) < 4.78 is 7.25. The number of fused-ring (bicyclic) bond motifs is 1. The average Bonchev–Trinajstić information content (AvgIpc) is 3.10. The van der Waals surface area contributed by atoms with Crippen LogP contribution in [-0.4, -0.2) is 29.2 Å². The molecule has 0 atom stereocenters. The molecule has 8 heteroatoms. The highest BCUT2D eigenvalue weighted by Gasteiger charge is 2.14. The average molecular weight is 372 g/mol. The van der Waals surface area contributed by atoms with E-state index in [0.29, 0.717) is 28.8 Å². The van der Waals surface area contributed by atoms with Gasteiger partial charge in [-0.15, -0.1) is 0 Å². The fraction of sp³-hybridized carbons (Fsp3) is 0.111. The lowest BCUT2D eigenvalue weighted by Crippen LogP contribution is -2.15. The number of likely N-dealkylation sites (N-methyl/N-ethyl adjacent to an activating group) is 1. The van der Waals surface area contributed by atoms with Crippen LogP contribution in [0.5, 0.6) is 5.75 Å². The first kappa shape index (κ1) is 17.6. The van der Waals surface area contributed by atoms with E-state index in [2.05, 4.69) is 22.3 Å². The van der Waals surface area contributed by atoms with E-state index in [0.717, 1.165) is 11.2 Å². The zero-order valence-electron chi connectivity index (χ0n) is 14.1. The van der Waals surface area contributed by atoms with E-state index in [1.165, 1.54) is 6.20 Å². The molecular weight excluding hydrogens is 354 g/mol. The van der Waals surface area contributed by atoms with Crippen LogP contribution in [0.3, 0.4) is 0 Å². The van der Waals surface area contributed by atoms with E-state index in [4.69, 9.17) is 22.1 Å². The molecule has 2 aromatic heterocycles. The maximum Gasteiger partial charge on any atom is 0.252 e. The highest BCUT2D eigenvalue weighted by atomic mass is 35.5. The summed E-state index contributed by atoms with van der Waals surface area (Å²) in [5, 5.41) is 10.7. The lowest BCUT2D eigenvalue weighted by molar-refractivity contribution is 0.100. The van der Waals surface area contributed by atoms with Gasteiger partial charge in [0.25, 0.3) is 5.91 Å². The molecule has 0 aliphatic heterocycles. The minimum atomic E-state index is -0.569. The second-order valence-electron chi connectivity index (χ2n) is 5.55. The molecule has 0 fully saturated rings. The molecule has 26 heavy (non-hydrogen) atoms. The molecule has 0 radical (unpaired) electrons. The van der Waals surface area contributed by atoms with Gasteiger partial charge in [0.2, 0.25) is 0 Å². The maximum atomic E-state index is 11.7. The van der Waals surface area contributed by atoms with Crippen LogP contribution in [0.1, 0.15) is 10.4 Å². The molecule has 0 aliphatic carbocycles. The van der Waals surface area contributed by atoms with Crippen molar-refractivity contribution in [3.05, 3.63) is 65.6 Å². The molecule has 0 spiro atoms. The van der Waals surface area contributed by atoms with Gasteiger partial charge in [-0.3, -0.25) is 4.79 Å². The summed E-state index contributed by atoms with van der Waals surface area (Å²) in [4.78, 5) is 11.7. The fourth-order valence-corrected chi connectivity index (χ4v) is 2.62. The Bertz CT molecular complexity index is 983. The Hall–Kier alpha value is -3.19. The van der Waals surface area contributed by atoms with Crippen LogP contribution < -0.4 is 21.1 Å². The van der Waals surface area contributed by atoms with Gasteiger partial charge in [-0.25, -0.2) is 4.52 Å². The van der Waals surface area contributed by atoms with Gasteiger partial charge in [0.05, 0.1) is 28.0 Å². The molecule has 0 bridgehead atoms. The van der Waals surface area contributed by atoms with Gasteiger partial charge in [0.1, 0.15) is 12.4 Å². The standard InChI is InChI=1S/C18H18ClN5O2/c1-11(21-2)10-26-16-6-5-12(8-14(16)19)23-17-13(18(20)25)9-22-24-7-3-4-15(17)24/h3-9,21,23H,1,10H2,2H3,(H2,20,25). The number of amides is 1. The number of nitrogens with zero attached hydrogens (tertiary/aromatic N) is 2. The van der Waals surface area contributed by atoms with Gasteiger partial charge in [0, 0.05) is 24.6 Å². The van der Waals surface area contributed by atoms with Crippen molar-refractivity contribution >= 4 is 34.4 Å². The zero-order chi connectivity index (χ0) is 18.7. The van der Waals surface area contributed by atoms with Crippen molar-refractivity contribution in [2.75, 3.05) is 19.0 Å². The fourth-order valence-electron chi connectivity index (χ4n) is 2.39. The third kappa shape index (κ3) is 3.57. The van der Waals surface area contributed by atoms with Crippen molar-refractivity contribution in [1.82, 2.24) is 14.9 Å². The summed E-state index contributed by atoms with van der Waals surface area (Å²) in [6.45, 7) is 4.11. The number of anilines is 2. The second-order valence-corrected chi connectivity index (χ2v) is 5.96. The number of hydrogen-bond donors (Lipinski definition) is 3. The Morgan fingerprint density at radius 2 is 2.23 bits per heavy atom. The third-order valence-corrected chi connectivity index (χ3v) is 4.08. The van der Waals surface area contributed by atoms with Crippen LogP contribution >= 0.6 is 11.6 Å². The molecule has 0 aliphatic rings. The lowest BCUT2D eigenvalue weighted by atomic mass is 10.2. The minimum absolute atomic E-state index is 0.290. The van der Waals surface area contributed by atoms with Gasteiger partial charge in [-0.1, -0.05) is 18.2 Å². The number of nitrogens with two attached hydrogens (primary N) is 1. The number of nitrogens with one attached hydrogen (secondary N) is 2. The SMILES string of the molecule is C=C(COc1ccc(Nc2c(C(N)=O)cnn3cccc23)cc1Cl)NC. The van der Waals surface area contributed by atoms with E-state index in [9.17, 15) is 4.79 Å². The van der Waals surface area contributed by atoms with Gasteiger partial charge < -0.3 is 21.1 Å². The minimum Gasteiger partial charge on any atom is -0.486 e. The number of aromatic nitrogens is 2. The number of benzene rings is 1. The molecule has 1 aromatic carbocycles. The Balaban J connectivity index is 1.90. The summed E-state index contributed by atoms with van der Waals surface area (Å²) in [6, 6.07) is 8.92. The Morgan fingerprint density at radius 1 is 1.42 bits per heavy atom. The first-order chi connectivity index (χ1) is 12.5. The number of rotatable bonds is 7. The Kier molecular flexibility index (Phi) is 4.99. The van der Waals surface area contributed by atoms with E-state index >= 15 is 0 Å². The van der Waals surface area contributed by atoms with Crippen LogP contribution in [0.25, 0.3) is 5.52 Å². The molecule has 134 valence electrons. The van der Waals surface area contributed by atoms with E-state index in [1.54, 1.807) is 36.0 Å². The molecule has 3 rings (SSSR count). The summed E-state index contributed by atoms with van der Waals surface area (Å²) >= 11 is 6.30. The molecule has 7 nitrogen and oxygen atoms in total. The second kappa shape index (κ2) is 7.37. The van der Waals surface area contributed by atoms with Crippen molar-refractivity contribution in [1.29, 1.82) is 0 Å². The summed E-state index contributed by atoms with van der Waals surface area (Å²) in [5.41, 5.74) is 8.47. The van der Waals surface area contributed by atoms with Crippen molar-refractivity contribution in [2.24, 2.45) is 5.73 Å². The molecule has 3 aromatic rings. The molecule has 0 saturated heterocycles. The summed E-state index contributed by atoms with van der Waals surface area (Å²) in [6.07, 6.45) is 3.21. The smallest absolute Gasteiger partial charge is 0.252 e. The molecule has 1 amide bonds. The molecular formula is C18H18ClN5O2. The van der Waals surface area contributed by atoms with E-state index in [1.807, 2.05) is 12.1 Å². The summed E-state index contributed by atoms with van der Waals surface area (Å²) in [5.74, 6) is -0.0355. The maximum absolute atomic E-state index is 11.7. The predicted molar refractivity (Wildman–Crippen MR) is 102 cm³/mol. The topological polar surface area (TPSA) is 93.7 Å². The number of hydrogen-bond acceptors (Lipinski definition) is 5. The first-order valence-electron chi connectivity index (χ1n) is 7.80. The highest BCUT2D eigenvalue weighted by molar-refractivity contribution is 6.32. The normalized spacial score (nSPS) is 10.5. The van der Waals surface area contributed by atoms with Gasteiger partial charge in [-0.2, -0.15) is 5.10 Å². The zero-order valence-corrected chi connectivity index (χ0v) is 14.9. The molecule has 0 saturated carbocycles. The van der Waals surface area contributed by atoms with Crippen molar-refractivity contribution in [2.45, 2.75) is 0 Å². The Labute approximate surface area is 155 Å². The van der Waals surface area contributed by atoms with Gasteiger partial charge in [0.15, 0.2) is 0 Å². The highest BCUT2D eigenvalue weighted by Crippen LogP contribution is 2.31. The van der Waals surface area contributed by atoms with Gasteiger partial charge in [-0.05, 0) is 30.3 Å². The quantitative estimate of drug-likeness (QED) is 0.593. The van der Waals surface area contributed by atoms with Crippen molar-refractivity contribution in [3.63, 3.8) is 0 Å². The largest absolute Gasteiger partial charge is 0.486 e. The van der Waals surface area contributed by atoms with E-state index in [-0.39, 0.29) is 5.56 Å². The van der Waals surface area contributed by atoms with Gasteiger partial charge >= 0.3 is 0 Å². The lowest BCUT2D eigenvalue weighted by Gasteiger charge is -2.14. The number of ether oxygens (including phenoxy) is 1. The van der Waals surface area contributed by atoms with Crippen LogP contribution in [0.4, 0.5) is 11.4 Å². The van der Waals surface area contributed by atoms with Crippen LogP contribution in [0, 0.1) is 0 Å². The van der Waals surface area contributed by atoms with Crippen LogP contribution in [-0.2, 0) is 0 Å². The predicted octanol–water partition coefficient (Wildman–Crippen LogP) is 2.94. The number of primary amides is 1. The molecule has 0 unspecified atom stereocenters. The number of carbonyl (C=O) groups excluding carboxylic acids is 1. The first-order valence-corrected chi connectivity index (χ1v) is 8.18. The molecule has 4 N–H and O–H groups in total. The Morgan fingerprint density at radius 3 is 2.92 bits per heavy atom. The summed E-state index contributed by atoms with van der Waals surface area (Å²) in [7, 11) is 1.77. The van der Waals surface area contributed by atoms with Crippen LogP contribution in [0.2, 0.25) is 5.02 Å². The molecule has 2 heterocycles. The van der Waals surface area contributed by atoms with Crippen molar-refractivity contribution < 1.29 is 9.53 Å². The van der Waals surface area contributed by atoms with Crippen molar-refractivity contribution in [3.8, 4) is 5.75 Å². The van der Waals surface area contributed by atoms with Crippen LogP contribution in [0.15, 0.2) is 55.0 Å². The third-order valence-electron chi connectivity index (χ3n) is 3.79. The van der Waals surface area contributed by atoms with E-state index < -0.39 is 5.91 Å². The number of halogens is 1. The number of carbonyl (C=O) groups is 1.